The van der Waals surface area contributed by atoms with E-state index in [-0.39, 0.29) is 29.3 Å². The van der Waals surface area contributed by atoms with Gasteiger partial charge in [-0.3, -0.25) is 9.59 Å². The molecule has 0 radical (unpaired) electrons. The van der Waals surface area contributed by atoms with Crippen molar-refractivity contribution in [3.63, 3.8) is 0 Å². The molecule has 9 heteroatoms. The van der Waals surface area contributed by atoms with Gasteiger partial charge >= 0.3 is 0 Å². The van der Waals surface area contributed by atoms with Gasteiger partial charge in [0.15, 0.2) is 0 Å². The molecule has 0 aromatic heterocycles. The molecule has 5 rings (SSSR count). The fourth-order valence-corrected chi connectivity index (χ4v) is 6.92. The molecular weight excluding hydrogens is 522 g/mol. The van der Waals surface area contributed by atoms with Gasteiger partial charge < -0.3 is 10.6 Å². The Balaban J connectivity index is 1.36. The number of rotatable bonds is 7. The predicted molar refractivity (Wildman–Crippen MR) is 146 cm³/mol. The van der Waals surface area contributed by atoms with Crippen molar-refractivity contribution in [3.8, 4) is 0 Å². The Morgan fingerprint density at radius 3 is 2.47 bits per heavy atom. The molecule has 2 aliphatic rings. The molecule has 1 heterocycles. The van der Waals surface area contributed by atoms with Gasteiger partial charge in [0.2, 0.25) is 15.9 Å². The van der Waals surface area contributed by atoms with Gasteiger partial charge in [0.25, 0.3) is 5.91 Å². The van der Waals surface area contributed by atoms with Crippen LogP contribution < -0.4 is 10.6 Å². The van der Waals surface area contributed by atoms with Gasteiger partial charge in [-0.25, -0.2) is 8.42 Å². The summed E-state index contributed by atoms with van der Waals surface area (Å²) in [6.45, 7) is 0.528. The number of sulfonamides is 1. The number of carbonyl (C=O) groups excluding carboxylic acids is 2. The molecule has 198 valence electrons. The molecule has 1 aliphatic carbocycles. The molecule has 38 heavy (non-hydrogen) atoms. The highest BCUT2D eigenvalue weighted by Crippen LogP contribution is 2.31. The molecule has 1 aliphatic heterocycles. The van der Waals surface area contributed by atoms with E-state index in [4.69, 9.17) is 11.6 Å². The van der Waals surface area contributed by atoms with Crippen molar-refractivity contribution in [2.75, 3.05) is 6.54 Å². The van der Waals surface area contributed by atoms with E-state index in [1.54, 1.807) is 24.3 Å². The van der Waals surface area contributed by atoms with Crippen molar-refractivity contribution in [3.05, 3.63) is 100 Å². The first-order valence-corrected chi connectivity index (χ1v) is 14.7. The van der Waals surface area contributed by atoms with Gasteiger partial charge in [-0.15, -0.1) is 0 Å². The summed E-state index contributed by atoms with van der Waals surface area (Å²) in [7, 11) is -4.00. The molecule has 1 fully saturated rings. The second-order valence-corrected chi connectivity index (χ2v) is 12.1. The van der Waals surface area contributed by atoms with Gasteiger partial charge in [-0.1, -0.05) is 48.0 Å². The fourth-order valence-electron chi connectivity index (χ4n) is 5.19. The Bertz CT molecular complexity index is 1420. The predicted octanol–water partition coefficient (Wildman–Crippen LogP) is 4.62. The van der Waals surface area contributed by atoms with Crippen LogP contribution in [0.1, 0.15) is 58.8 Å². The Hall–Kier alpha value is -3.20. The topological polar surface area (TPSA) is 95.6 Å². The molecule has 0 saturated carbocycles. The lowest BCUT2D eigenvalue weighted by molar-refractivity contribution is -0.124. The van der Waals surface area contributed by atoms with E-state index >= 15 is 0 Å². The van der Waals surface area contributed by atoms with E-state index in [0.29, 0.717) is 29.1 Å². The van der Waals surface area contributed by atoms with E-state index in [1.165, 1.54) is 34.1 Å². The lowest BCUT2D eigenvalue weighted by atomic mass is 10.1. The Kier molecular flexibility index (Phi) is 7.83. The molecule has 2 atom stereocenters. The third kappa shape index (κ3) is 5.62. The zero-order chi connectivity index (χ0) is 26.7. The van der Waals surface area contributed by atoms with E-state index in [9.17, 15) is 18.0 Å². The van der Waals surface area contributed by atoms with Crippen molar-refractivity contribution in [2.24, 2.45) is 0 Å². The van der Waals surface area contributed by atoms with Crippen molar-refractivity contribution < 1.29 is 18.0 Å². The number of benzene rings is 3. The average Bonchev–Trinajstić information content (AvgIpc) is 3.20. The highest BCUT2D eigenvalue weighted by molar-refractivity contribution is 7.89. The Labute approximate surface area is 228 Å². The standard InChI is InChI=1S/C29H30ClN3O4S/c30-23-13-15-24(16-14-23)38(36,37)33(27-7-3-4-18-31-29(27)35)19-20-8-10-22(11-9-20)28(34)32-26-17-12-21-5-1-2-6-25(21)26/h1-2,5-6,8-11,13-16,26-27H,3-4,7,12,17-19H2,(H,31,35)(H,32,34)/t26-,27+/m0/s1. The van der Waals surface area contributed by atoms with Crippen molar-refractivity contribution in [1.82, 2.24) is 14.9 Å². The molecule has 2 amide bonds. The minimum Gasteiger partial charge on any atom is -0.355 e. The highest BCUT2D eigenvalue weighted by atomic mass is 35.5. The number of aryl methyl sites for hydroxylation is 1. The summed E-state index contributed by atoms with van der Waals surface area (Å²) < 4.78 is 28.7. The van der Waals surface area contributed by atoms with Crippen LogP contribution in [0.25, 0.3) is 0 Å². The van der Waals surface area contributed by atoms with Crippen LogP contribution in [0.3, 0.4) is 0 Å². The van der Waals surface area contributed by atoms with Crippen molar-refractivity contribution >= 4 is 33.4 Å². The zero-order valence-electron chi connectivity index (χ0n) is 20.9. The molecular formula is C29H30ClN3O4S. The Morgan fingerprint density at radius 2 is 1.71 bits per heavy atom. The second-order valence-electron chi connectivity index (χ2n) is 9.77. The molecule has 7 nitrogen and oxygen atoms in total. The maximum absolute atomic E-state index is 13.7. The van der Waals surface area contributed by atoms with Crippen molar-refractivity contribution in [1.29, 1.82) is 0 Å². The number of halogens is 1. The van der Waals surface area contributed by atoms with E-state index in [2.05, 4.69) is 22.8 Å². The van der Waals surface area contributed by atoms with Gasteiger partial charge in [0.05, 0.1) is 10.9 Å². The largest absolute Gasteiger partial charge is 0.355 e. The van der Waals surface area contributed by atoms with Crippen LogP contribution in [0, 0.1) is 0 Å². The third-order valence-electron chi connectivity index (χ3n) is 7.27. The number of hydrogen-bond donors (Lipinski definition) is 2. The molecule has 1 saturated heterocycles. The minimum absolute atomic E-state index is 0.000938. The van der Waals surface area contributed by atoms with E-state index in [1.807, 2.05) is 12.1 Å². The van der Waals surface area contributed by atoms with Crippen LogP contribution >= 0.6 is 11.6 Å². The normalized spacial score (nSPS) is 19.5. The summed E-state index contributed by atoms with van der Waals surface area (Å²) in [5, 5.41) is 6.39. The number of nitrogens with zero attached hydrogens (tertiary/aromatic N) is 1. The quantitative estimate of drug-likeness (QED) is 0.448. The summed E-state index contributed by atoms with van der Waals surface area (Å²) in [4.78, 5) is 25.9. The monoisotopic (exact) mass is 551 g/mol. The summed E-state index contributed by atoms with van der Waals surface area (Å²) in [6, 6.07) is 20.1. The van der Waals surface area contributed by atoms with Gasteiger partial charge in [0.1, 0.15) is 6.04 Å². The maximum Gasteiger partial charge on any atom is 0.251 e. The van der Waals surface area contributed by atoms with Crippen LogP contribution in [0.2, 0.25) is 5.02 Å². The van der Waals surface area contributed by atoms with Gasteiger partial charge in [0, 0.05) is 23.7 Å². The molecule has 2 N–H and O–H groups in total. The zero-order valence-corrected chi connectivity index (χ0v) is 22.5. The maximum atomic E-state index is 13.7. The molecule has 0 spiro atoms. The lowest BCUT2D eigenvalue weighted by Gasteiger charge is -2.29. The van der Waals surface area contributed by atoms with Gasteiger partial charge in [-0.05, 0) is 85.2 Å². The minimum atomic E-state index is -4.00. The number of amides is 2. The smallest absolute Gasteiger partial charge is 0.251 e. The summed E-state index contributed by atoms with van der Waals surface area (Å²) >= 11 is 5.98. The van der Waals surface area contributed by atoms with Crippen LogP contribution in [0.15, 0.2) is 77.7 Å². The van der Waals surface area contributed by atoms with Crippen LogP contribution in [0.5, 0.6) is 0 Å². The first kappa shape index (κ1) is 26.4. The van der Waals surface area contributed by atoms with E-state index < -0.39 is 16.1 Å². The highest BCUT2D eigenvalue weighted by Gasteiger charge is 2.36. The molecule has 0 unspecified atom stereocenters. The SMILES string of the molecule is O=C(N[C@H]1CCc2ccccc21)c1ccc(CN([C@@H]2CCCCNC2=O)S(=O)(=O)c2ccc(Cl)cc2)cc1. The number of carbonyl (C=O) groups is 2. The van der Waals surface area contributed by atoms with E-state index in [0.717, 1.165) is 31.2 Å². The van der Waals surface area contributed by atoms with Crippen LogP contribution in [-0.4, -0.2) is 37.1 Å². The number of hydrogen-bond acceptors (Lipinski definition) is 4. The average molecular weight is 552 g/mol. The van der Waals surface area contributed by atoms with Crippen molar-refractivity contribution in [2.45, 2.75) is 55.6 Å². The lowest BCUT2D eigenvalue weighted by Crippen LogP contribution is -2.48. The third-order valence-corrected chi connectivity index (χ3v) is 9.39. The Morgan fingerprint density at radius 1 is 0.974 bits per heavy atom. The second kappa shape index (κ2) is 11.3. The fraction of sp³-hybridized carbons (Fsp3) is 0.310. The summed E-state index contributed by atoms with van der Waals surface area (Å²) in [6.07, 6.45) is 3.77. The van der Waals surface area contributed by atoms with Crippen LogP contribution in [0.4, 0.5) is 0 Å². The first-order chi connectivity index (χ1) is 18.3. The molecule has 0 bridgehead atoms. The summed E-state index contributed by atoms with van der Waals surface area (Å²) in [5.74, 6) is -0.472. The van der Waals surface area contributed by atoms with Crippen LogP contribution in [-0.2, 0) is 27.8 Å². The summed E-state index contributed by atoms with van der Waals surface area (Å²) in [5.41, 5.74) is 3.60. The van der Waals surface area contributed by atoms with Gasteiger partial charge in [-0.2, -0.15) is 4.31 Å². The number of nitrogens with one attached hydrogen (secondary N) is 2. The first-order valence-electron chi connectivity index (χ1n) is 12.9. The molecule has 3 aromatic rings. The molecule has 3 aromatic carbocycles. The number of fused-ring (bicyclic) bond motifs is 1.